The zero-order valence-electron chi connectivity index (χ0n) is 20.2. The topological polar surface area (TPSA) is 88.5 Å². The number of aliphatic carboxylic acids is 1. The van der Waals surface area contributed by atoms with E-state index in [2.05, 4.69) is 4.90 Å². The lowest BCUT2D eigenvalue weighted by Crippen LogP contribution is -2.46. The van der Waals surface area contributed by atoms with Crippen LogP contribution in [0, 0.1) is 11.6 Å². The lowest BCUT2D eigenvalue weighted by atomic mass is 9.99. The fourth-order valence-electron chi connectivity index (χ4n) is 4.61. The first kappa shape index (κ1) is 29.2. The van der Waals surface area contributed by atoms with Gasteiger partial charge in [0.1, 0.15) is 0 Å². The van der Waals surface area contributed by atoms with Crippen molar-refractivity contribution in [2.75, 3.05) is 52.6 Å². The third-order valence-electron chi connectivity index (χ3n) is 6.53. The van der Waals surface area contributed by atoms with Gasteiger partial charge in [-0.2, -0.15) is 13.2 Å². The first-order chi connectivity index (χ1) is 17.6. The van der Waals surface area contributed by atoms with Crippen LogP contribution in [0.15, 0.2) is 18.2 Å². The molecule has 13 heteroatoms. The predicted octanol–water partition coefficient (Wildman–Crippen LogP) is 2.64. The summed E-state index contributed by atoms with van der Waals surface area (Å²) in [5.41, 5.74) is 0.103. The van der Waals surface area contributed by atoms with E-state index < -0.39 is 23.8 Å². The molecule has 4 rings (SSSR count). The molecule has 3 aliphatic heterocycles. The second-order valence-corrected chi connectivity index (χ2v) is 9.04. The summed E-state index contributed by atoms with van der Waals surface area (Å²) in [4.78, 5) is 25.7. The number of amides is 1. The van der Waals surface area contributed by atoms with Crippen molar-refractivity contribution in [3.63, 3.8) is 0 Å². The van der Waals surface area contributed by atoms with Crippen LogP contribution in [-0.4, -0.2) is 104 Å². The zero-order chi connectivity index (χ0) is 27.0. The summed E-state index contributed by atoms with van der Waals surface area (Å²) in [7, 11) is 0. The standard InChI is InChI=1S/C22H30F2N2O4.C2HF3O2/c23-18-3-1-2-16(22(18)24)14-21(27)26-7-6-20-19(26)5-4-17(30-20)15-29-13-10-25-8-11-28-12-9-25;3-2(4,5)1(6)7/h1-3,17,19-20H,4-15H2;(H,6,7)/t17-,19-,20-;/m1./s1. The molecule has 3 aliphatic rings. The van der Waals surface area contributed by atoms with Crippen LogP contribution in [0.1, 0.15) is 24.8 Å². The normalized spacial score (nSPS) is 24.2. The lowest BCUT2D eigenvalue weighted by molar-refractivity contribution is -0.192. The van der Waals surface area contributed by atoms with Crippen LogP contribution in [0.2, 0.25) is 0 Å². The molecular weight excluding hydrogens is 507 g/mol. The molecule has 37 heavy (non-hydrogen) atoms. The van der Waals surface area contributed by atoms with Gasteiger partial charge in [0.05, 0.1) is 51.1 Å². The smallest absolute Gasteiger partial charge is 0.475 e. The Morgan fingerprint density at radius 3 is 2.46 bits per heavy atom. The van der Waals surface area contributed by atoms with E-state index in [0.717, 1.165) is 58.2 Å². The van der Waals surface area contributed by atoms with E-state index in [9.17, 15) is 26.7 Å². The van der Waals surface area contributed by atoms with Crippen molar-refractivity contribution in [2.45, 2.75) is 50.1 Å². The molecule has 1 amide bonds. The molecule has 3 heterocycles. The molecule has 1 aromatic carbocycles. The number of carbonyl (C=O) groups excluding carboxylic acids is 1. The average molecular weight is 539 g/mol. The molecular formula is C24H31F5N2O6. The average Bonchev–Trinajstić information content (AvgIpc) is 3.29. The number of likely N-dealkylation sites (tertiary alicyclic amines) is 1. The molecule has 0 spiro atoms. The SMILES string of the molecule is O=C(Cc1cccc(F)c1F)N1CC[C@H]2O[C@@H](COCCN3CCOCC3)CC[C@H]21.O=C(O)C(F)(F)F. The number of rotatable bonds is 7. The summed E-state index contributed by atoms with van der Waals surface area (Å²) in [6, 6.07) is 3.97. The van der Waals surface area contributed by atoms with Gasteiger partial charge in [-0.05, 0) is 25.3 Å². The molecule has 1 aromatic rings. The second-order valence-electron chi connectivity index (χ2n) is 9.04. The van der Waals surface area contributed by atoms with Gasteiger partial charge in [-0.1, -0.05) is 12.1 Å². The first-order valence-electron chi connectivity index (χ1n) is 12.1. The number of carboxylic acid groups (broad SMARTS) is 1. The van der Waals surface area contributed by atoms with Crippen molar-refractivity contribution >= 4 is 11.9 Å². The third-order valence-corrected chi connectivity index (χ3v) is 6.53. The van der Waals surface area contributed by atoms with Crippen LogP contribution in [0.4, 0.5) is 22.0 Å². The van der Waals surface area contributed by atoms with Crippen molar-refractivity contribution in [3.05, 3.63) is 35.4 Å². The van der Waals surface area contributed by atoms with Gasteiger partial charge in [0.2, 0.25) is 5.91 Å². The highest BCUT2D eigenvalue weighted by molar-refractivity contribution is 5.79. The Bertz CT molecular complexity index is 912. The van der Waals surface area contributed by atoms with Crippen LogP contribution in [-0.2, 0) is 30.2 Å². The fraction of sp³-hybridized carbons (Fsp3) is 0.667. The number of carbonyl (C=O) groups is 2. The minimum atomic E-state index is -5.08. The predicted molar refractivity (Wildman–Crippen MR) is 120 cm³/mol. The summed E-state index contributed by atoms with van der Waals surface area (Å²) >= 11 is 0. The molecule has 3 saturated heterocycles. The highest BCUT2D eigenvalue weighted by atomic mass is 19.4. The van der Waals surface area contributed by atoms with Gasteiger partial charge in [-0.25, -0.2) is 13.6 Å². The van der Waals surface area contributed by atoms with E-state index >= 15 is 0 Å². The highest BCUT2D eigenvalue weighted by Crippen LogP contribution is 2.32. The number of alkyl halides is 3. The molecule has 3 fully saturated rings. The molecule has 0 aliphatic carbocycles. The highest BCUT2D eigenvalue weighted by Gasteiger charge is 2.42. The van der Waals surface area contributed by atoms with Crippen molar-refractivity contribution in [1.29, 1.82) is 0 Å². The van der Waals surface area contributed by atoms with E-state index in [1.54, 1.807) is 4.90 Å². The molecule has 1 N–H and O–H groups in total. The van der Waals surface area contributed by atoms with E-state index in [1.807, 2.05) is 0 Å². The summed E-state index contributed by atoms with van der Waals surface area (Å²) in [5, 5.41) is 7.12. The molecule has 0 radical (unpaired) electrons. The monoisotopic (exact) mass is 538 g/mol. The summed E-state index contributed by atoms with van der Waals surface area (Å²) < 4.78 is 76.4. The Morgan fingerprint density at radius 2 is 1.78 bits per heavy atom. The van der Waals surface area contributed by atoms with Crippen molar-refractivity contribution < 1.29 is 50.9 Å². The Hall–Kier alpha value is -2.35. The van der Waals surface area contributed by atoms with E-state index in [1.165, 1.54) is 12.1 Å². The first-order valence-corrected chi connectivity index (χ1v) is 12.1. The maximum absolute atomic E-state index is 13.9. The van der Waals surface area contributed by atoms with Gasteiger partial charge in [-0.15, -0.1) is 0 Å². The molecule has 0 unspecified atom stereocenters. The van der Waals surface area contributed by atoms with Crippen LogP contribution in [0.5, 0.6) is 0 Å². The second kappa shape index (κ2) is 13.4. The largest absolute Gasteiger partial charge is 0.490 e. The molecule has 8 nitrogen and oxygen atoms in total. The molecule has 0 saturated carbocycles. The molecule has 3 atom stereocenters. The summed E-state index contributed by atoms with van der Waals surface area (Å²) in [5.74, 6) is -4.78. The van der Waals surface area contributed by atoms with Crippen LogP contribution in [0.25, 0.3) is 0 Å². The van der Waals surface area contributed by atoms with Crippen molar-refractivity contribution in [2.24, 2.45) is 0 Å². The molecule has 0 bridgehead atoms. The number of ether oxygens (including phenoxy) is 3. The number of carboxylic acids is 1. The minimum Gasteiger partial charge on any atom is -0.475 e. The Balaban J connectivity index is 0.000000479. The van der Waals surface area contributed by atoms with Gasteiger partial charge in [-0.3, -0.25) is 9.69 Å². The number of morpholine rings is 1. The van der Waals surface area contributed by atoms with Crippen LogP contribution >= 0.6 is 0 Å². The van der Waals surface area contributed by atoms with Crippen molar-refractivity contribution in [1.82, 2.24) is 9.80 Å². The Kier molecular flexibility index (Phi) is 10.6. The summed E-state index contributed by atoms with van der Waals surface area (Å²) in [6.07, 6.45) is -2.72. The maximum Gasteiger partial charge on any atom is 0.490 e. The third kappa shape index (κ3) is 8.59. The molecule has 0 aromatic heterocycles. The Morgan fingerprint density at radius 1 is 1.08 bits per heavy atom. The number of hydrogen-bond donors (Lipinski definition) is 1. The van der Waals surface area contributed by atoms with Gasteiger partial charge in [0.25, 0.3) is 0 Å². The van der Waals surface area contributed by atoms with Gasteiger partial charge >= 0.3 is 12.1 Å². The van der Waals surface area contributed by atoms with Crippen LogP contribution < -0.4 is 0 Å². The number of nitrogens with zero attached hydrogens (tertiary/aromatic N) is 2. The number of fused-ring (bicyclic) bond motifs is 1. The van der Waals surface area contributed by atoms with Gasteiger partial charge in [0, 0.05) is 31.7 Å². The van der Waals surface area contributed by atoms with Gasteiger partial charge < -0.3 is 24.2 Å². The lowest BCUT2D eigenvalue weighted by Gasteiger charge is -2.36. The number of hydrogen-bond acceptors (Lipinski definition) is 6. The van der Waals surface area contributed by atoms with Crippen molar-refractivity contribution in [3.8, 4) is 0 Å². The molecule has 208 valence electrons. The van der Waals surface area contributed by atoms with Crippen LogP contribution in [0.3, 0.4) is 0 Å². The van der Waals surface area contributed by atoms with E-state index in [0.29, 0.717) is 19.8 Å². The summed E-state index contributed by atoms with van der Waals surface area (Å²) in [6.45, 7) is 6.23. The number of benzene rings is 1. The quantitative estimate of drug-likeness (QED) is 0.422. The van der Waals surface area contributed by atoms with E-state index in [4.69, 9.17) is 24.1 Å². The fourth-order valence-corrected chi connectivity index (χ4v) is 4.61. The maximum atomic E-state index is 13.9. The van der Waals surface area contributed by atoms with Gasteiger partial charge in [0.15, 0.2) is 11.6 Å². The zero-order valence-corrected chi connectivity index (χ0v) is 20.2. The minimum absolute atomic E-state index is 0.00657. The number of halogens is 5. The van der Waals surface area contributed by atoms with E-state index in [-0.39, 0.29) is 36.1 Å². The Labute approximate surface area is 211 Å².